The van der Waals surface area contributed by atoms with Gasteiger partial charge < -0.3 is 5.11 Å². The van der Waals surface area contributed by atoms with Crippen molar-refractivity contribution >= 4 is 5.97 Å². The van der Waals surface area contributed by atoms with Crippen LogP contribution in [0.15, 0.2) is 24.5 Å². The maximum Gasteiger partial charge on any atom is 0.354 e. The molecule has 2 heterocycles. The Morgan fingerprint density at radius 2 is 2.27 bits per heavy atom. The molecule has 2 rings (SSSR count). The van der Waals surface area contributed by atoms with Crippen molar-refractivity contribution in [3.05, 3.63) is 35.9 Å². The number of carboxylic acids is 1. The highest BCUT2D eigenvalue weighted by atomic mass is 16.4. The van der Waals surface area contributed by atoms with Gasteiger partial charge in [-0.25, -0.2) is 4.79 Å². The molecule has 0 saturated heterocycles. The topological polar surface area (TPSA) is 78.9 Å². The molecule has 0 radical (unpaired) electrons. The van der Waals surface area contributed by atoms with Crippen LogP contribution in [-0.4, -0.2) is 26.3 Å². The fourth-order valence-corrected chi connectivity index (χ4v) is 1.42. The summed E-state index contributed by atoms with van der Waals surface area (Å²) in [4.78, 5) is 15.0. The molecule has 0 spiro atoms. The zero-order chi connectivity index (χ0) is 10.8. The zero-order valence-corrected chi connectivity index (χ0v) is 8.06. The van der Waals surface area contributed by atoms with Crippen molar-refractivity contribution < 1.29 is 9.90 Å². The molecule has 76 valence electrons. The number of aromatic carboxylic acids is 1. The third kappa shape index (κ3) is 1.59. The van der Waals surface area contributed by atoms with Gasteiger partial charge in [0.15, 0.2) is 5.69 Å². The highest BCUT2D eigenvalue weighted by Crippen LogP contribution is 2.23. The molecule has 0 aliphatic heterocycles. The van der Waals surface area contributed by atoms with Gasteiger partial charge in [0.2, 0.25) is 0 Å². The summed E-state index contributed by atoms with van der Waals surface area (Å²) in [6, 6.07) is 3.58. The summed E-state index contributed by atoms with van der Waals surface area (Å²) in [5.74, 6) is -1.02. The van der Waals surface area contributed by atoms with E-state index in [1.807, 2.05) is 13.0 Å². The standard InChI is InChI=1S/C10H9N3O2/c1-6-7(3-2-4-11-6)8-5-12-13-9(8)10(14)15/h2-5H,1H3,(H,12,13)(H,14,15). The van der Waals surface area contributed by atoms with Crippen LogP contribution in [-0.2, 0) is 0 Å². The van der Waals surface area contributed by atoms with Gasteiger partial charge in [0, 0.05) is 23.0 Å². The summed E-state index contributed by atoms with van der Waals surface area (Å²) >= 11 is 0. The lowest BCUT2D eigenvalue weighted by molar-refractivity contribution is 0.0691. The molecular weight excluding hydrogens is 194 g/mol. The van der Waals surface area contributed by atoms with Crippen LogP contribution in [0.3, 0.4) is 0 Å². The second kappa shape index (κ2) is 3.53. The lowest BCUT2D eigenvalue weighted by atomic mass is 10.1. The summed E-state index contributed by atoms with van der Waals surface area (Å²) in [5, 5.41) is 15.1. The fraction of sp³-hybridized carbons (Fsp3) is 0.100. The van der Waals surface area contributed by atoms with Gasteiger partial charge in [-0.2, -0.15) is 5.10 Å². The number of aromatic amines is 1. The quantitative estimate of drug-likeness (QED) is 0.774. The van der Waals surface area contributed by atoms with Crippen molar-refractivity contribution in [3.63, 3.8) is 0 Å². The first-order valence-electron chi connectivity index (χ1n) is 4.39. The number of aryl methyl sites for hydroxylation is 1. The molecule has 2 aromatic heterocycles. The number of pyridine rings is 1. The minimum absolute atomic E-state index is 0.0890. The van der Waals surface area contributed by atoms with Gasteiger partial charge in [0.25, 0.3) is 0 Å². The average molecular weight is 203 g/mol. The molecule has 5 nitrogen and oxygen atoms in total. The molecule has 0 fully saturated rings. The van der Waals surface area contributed by atoms with Crippen LogP contribution < -0.4 is 0 Å². The van der Waals surface area contributed by atoms with Gasteiger partial charge in [0.05, 0.1) is 6.20 Å². The van der Waals surface area contributed by atoms with Crippen LogP contribution in [0.25, 0.3) is 11.1 Å². The Balaban J connectivity index is 2.59. The van der Waals surface area contributed by atoms with Gasteiger partial charge in [-0.05, 0) is 13.0 Å². The second-order valence-electron chi connectivity index (χ2n) is 3.10. The van der Waals surface area contributed by atoms with E-state index in [-0.39, 0.29) is 5.69 Å². The predicted molar refractivity (Wildman–Crippen MR) is 53.5 cm³/mol. The maximum absolute atomic E-state index is 10.9. The van der Waals surface area contributed by atoms with Gasteiger partial charge in [-0.15, -0.1) is 0 Å². The van der Waals surface area contributed by atoms with Crippen LogP contribution in [0.2, 0.25) is 0 Å². The Hall–Kier alpha value is -2.17. The number of carboxylic acid groups (broad SMARTS) is 1. The number of aromatic nitrogens is 3. The smallest absolute Gasteiger partial charge is 0.354 e. The first-order chi connectivity index (χ1) is 7.20. The van der Waals surface area contributed by atoms with E-state index in [0.717, 1.165) is 11.3 Å². The van der Waals surface area contributed by atoms with E-state index in [0.29, 0.717) is 5.56 Å². The van der Waals surface area contributed by atoms with Crippen molar-refractivity contribution in [1.29, 1.82) is 0 Å². The highest BCUT2D eigenvalue weighted by molar-refractivity contribution is 5.94. The Morgan fingerprint density at radius 3 is 2.93 bits per heavy atom. The highest BCUT2D eigenvalue weighted by Gasteiger charge is 2.15. The predicted octanol–water partition coefficient (Wildman–Crippen LogP) is 1.48. The number of nitrogens with zero attached hydrogens (tertiary/aromatic N) is 2. The first kappa shape index (κ1) is 9.39. The van der Waals surface area contributed by atoms with Gasteiger partial charge >= 0.3 is 5.97 Å². The van der Waals surface area contributed by atoms with Crippen molar-refractivity contribution in [3.8, 4) is 11.1 Å². The summed E-state index contributed by atoms with van der Waals surface area (Å²) < 4.78 is 0. The van der Waals surface area contributed by atoms with E-state index in [2.05, 4.69) is 15.2 Å². The molecule has 0 unspecified atom stereocenters. The number of hydrogen-bond acceptors (Lipinski definition) is 3. The van der Waals surface area contributed by atoms with E-state index in [4.69, 9.17) is 5.11 Å². The van der Waals surface area contributed by atoms with Crippen LogP contribution in [0.5, 0.6) is 0 Å². The summed E-state index contributed by atoms with van der Waals surface area (Å²) in [6.45, 7) is 1.83. The maximum atomic E-state index is 10.9. The number of H-pyrrole nitrogens is 1. The van der Waals surface area contributed by atoms with E-state index >= 15 is 0 Å². The number of rotatable bonds is 2. The molecule has 2 aromatic rings. The van der Waals surface area contributed by atoms with Gasteiger partial charge in [0.1, 0.15) is 0 Å². The van der Waals surface area contributed by atoms with Gasteiger partial charge in [-0.1, -0.05) is 6.07 Å². The Morgan fingerprint density at radius 1 is 1.47 bits per heavy atom. The van der Waals surface area contributed by atoms with Crippen LogP contribution in [0, 0.1) is 6.92 Å². The number of nitrogens with one attached hydrogen (secondary N) is 1. The molecule has 0 bridgehead atoms. The van der Waals surface area contributed by atoms with Crippen molar-refractivity contribution in [1.82, 2.24) is 15.2 Å². The van der Waals surface area contributed by atoms with Crippen LogP contribution in [0.4, 0.5) is 0 Å². The molecule has 0 amide bonds. The number of hydrogen-bond donors (Lipinski definition) is 2. The molecule has 15 heavy (non-hydrogen) atoms. The molecule has 0 saturated carbocycles. The monoisotopic (exact) mass is 203 g/mol. The Bertz CT molecular complexity index is 505. The Labute approximate surface area is 85.8 Å². The minimum Gasteiger partial charge on any atom is -0.477 e. The van der Waals surface area contributed by atoms with E-state index < -0.39 is 5.97 Å². The minimum atomic E-state index is -1.02. The lowest BCUT2D eigenvalue weighted by Gasteiger charge is -2.02. The summed E-state index contributed by atoms with van der Waals surface area (Å²) in [5.41, 5.74) is 2.21. The molecular formula is C10H9N3O2. The van der Waals surface area contributed by atoms with Crippen molar-refractivity contribution in [2.24, 2.45) is 0 Å². The second-order valence-corrected chi connectivity index (χ2v) is 3.10. The molecule has 2 N–H and O–H groups in total. The summed E-state index contributed by atoms with van der Waals surface area (Å²) in [6.07, 6.45) is 3.16. The zero-order valence-electron chi connectivity index (χ0n) is 8.06. The Kier molecular flexibility index (Phi) is 2.21. The normalized spacial score (nSPS) is 10.2. The molecule has 0 atom stereocenters. The largest absolute Gasteiger partial charge is 0.477 e. The third-order valence-electron chi connectivity index (χ3n) is 2.15. The molecule has 5 heteroatoms. The van der Waals surface area contributed by atoms with Crippen LogP contribution in [0.1, 0.15) is 16.2 Å². The third-order valence-corrected chi connectivity index (χ3v) is 2.15. The lowest BCUT2D eigenvalue weighted by Crippen LogP contribution is -1.99. The average Bonchev–Trinajstić information content (AvgIpc) is 2.67. The fourth-order valence-electron chi connectivity index (χ4n) is 1.42. The van der Waals surface area contributed by atoms with E-state index in [9.17, 15) is 4.79 Å². The molecule has 0 aliphatic carbocycles. The van der Waals surface area contributed by atoms with Crippen LogP contribution >= 0.6 is 0 Å². The number of carbonyl (C=O) groups is 1. The van der Waals surface area contributed by atoms with Crippen molar-refractivity contribution in [2.45, 2.75) is 6.92 Å². The van der Waals surface area contributed by atoms with Crippen molar-refractivity contribution in [2.75, 3.05) is 0 Å². The molecule has 0 aliphatic rings. The summed E-state index contributed by atoms with van der Waals surface area (Å²) in [7, 11) is 0. The first-order valence-corrected chi connectivity index (χ1v) is 4.39. The SMILES string of the molecule is Cc1ncccc1-c1cn[nH]c1C(=O)O. The van der Waals surface area contributed by atoms with E-state index in [1.165, 1.54) is 6.20 Å². The van der Waals surface area contributed by atoms with Gasteiger partial charge in [-0.3, -0.25) is 10.1 Å². The van der Waals surface area contributed by atoms with E-state index in [1.54, 1.807) is 12.3 Å². The molecule has 0 aromatic carbocycles.